The zero-order valence-electron chi connectivity index (χ0n) is 17.6. The number of aromatic nitrogens is 2. The van der Waals surface area contributed by atoms with Crippen molar-refractivity contribution in [3.63, 3.8) is 0 Å². The molecule has 1 aliphatic rings. The number of aryl methyl sites for hydroxylation is 1. The Morgan fingerprint density at radius 1 is 1.30 bits per heavy atom. The van der Waals surface area contributed by atoms with E-state index in [1.54, 1.807) is 22.9 Å². The van der Waals surface area contributed by atoms with Gasteiger partial charge in [0.2, 0.25) is 0 Å². The molecule has 166 valence electrons. The Bertz CT molecular complexity index is 946. The van der Waals surface area contributed by atoms with Crippen LogP contribution in [0.25, 0.3) is 0 Å². The molecule has 1 aromatic heterocycles. The molecule has 1 saturated heterocycles. The molecule has 0 amide bonds. The smallest absolute Gasteiger partial charge is 0.282 e. The molecular formula is C20H29FN4O4S. The van der Waals surface area contributed by atoms with E-state index < -0.39 is 22.1 Å². The molecule has 1 fully saturated rings. The SMILES string of the molecule is CCN(CC)S(=O)(=O)N1CCO[C@@H](c2cc(CCOc3ccccc3F)n(C)n2)C1. The summed E-state index contributed by atoms with van der Waals surface area (Å²) in [7, 11) is -1.71. The van der Waals surface area contributed by atoms with Crippen molar-refractivity contribution in [1.82, 2.24) is 18.4 Å². The second-order valence-electron chi connectivity index (χ2n) is 7.02. The summed E-state index contributed by atoms with van der Waals surface area (Å²) in [5, 5.41) is 4.51. The van der Waals surface area contributed by atoms with Crippen molar-refractivity contribution < 1.29 is 22.3 Å². The Kier molecular flexibility index (Phi) is 7.45. The second-order valence-corrected chi connectivity index (χ2v) is 8.95. The topological polar surface area (TPSA) is 76.9 Å². The molecule has 30 heavy (non-hydrogen) atoms. The highest BCUT2D eigenvalue weighted by atomic mass is 32.2. The van der Waals surface area contributed by atoms with Crippen molar-refractivity contribution in [3.05, 3.63) is 47.5 Å². The molecule has 1 aromatic carbocycles. The number of halogens is 1. The van der Waals surface area contributed by atoms with E-state index in [2.05, 4.69) is 5.10 Å². The maximum atomic E-state index is 13.7. The summed E-state index contributed by atoms with van der Waals surface area (Å²) >= 11 is 0. The van der Waals surface area contributed by atoms with E-state index in [1.807, 2.05) is 27.0 Å². The zero-order valence-corrected chi connectivity index (χ0v) is 18.4. The fourth-order valence-corrected chi connectivity index (χ4v) is 5.08. The molecule has 0 bridgehead atoms. The molecule has 0 aliphatic carbocycles. The van der Waals surface area contributed by atoms with Crippen molar-refractivity contribution >= 4 is 10.2 Å². The van der Waals surface area contributed by atoms with Crippen LogP contribution in [0, 0.1) is 5.82 Å². The van der Waals surface area contributed by atoms with E-state index in [0.29, 0.717) is 45.0 Å². The van der Waals surface area contributed by atoms with E-state index in [-0.39, 0.29) is 12.3 Å². The van der Waals surface area contributed by atoms with E-state index in [0.717, 1.165) is 5.69 Å². The number of benzene rings is 1. The maximum absolute atomic E-state index is 13.7. The highest BCUT2D eigenvalue weighted by molar-refractivity contribution is 7.86. The van der Waals surface area contributed by atoms with E-state index in [9.17, 15) is 12.8 Å². The molecule has 3 rings (SSSR count). The molecular weight excluding hydrogens is 411 g/mol. The van der Waals surface area contributed by atoms with E-state index in [1.165, 1.54) is 14.7 Å². The molecule has 10 heteroatoms. The van der Waals surface area contributed by atoms with Crippen LogP contribution >= 0.6 is 0 Å². The number of hydrogen-bond acceptors (Lipinski definition) is 5. The summed E-state index contributed by atoms with van der Waals surface area (Å²) in [6.45, 7) is 5.67. The fourth-order valence-electron chi connectivity index (χ4n) is 3.48. The van der Waals surface area contributed by atoms with Gasteiger partial charge in [0, 0.05) is 45.3 Å². The second kappa shape index (κ2) is 9.86. The number of para-hydroxylation sites is 1. The Morgan fingerprint density at radius 3 is 2.73 bits per heavy atom. The van der Waals surface area contributed by atoms with Crippen LogP contribution in [0.1, 0.15) is 31.3 Å². The minimum absolute atomic E-state index is 0.216. The van der Waals surface area contributed by atoms with Crippen molar-refractivity contribution in [2.75, 3.05) is 39.4 Å². The van der Waals surface area contributed by atoms with Gasteiger partial charge >= 0.3 is 0 Å². The van der Waals surface area contributed by atoms with Gasteiger partial charge in [-0.15, -0.1) is 0 Å². The van der Waals surface area contributed by atoms with E-state index >= 15 is 0 Å². The quantitative estimate of drug-likeness (QED) is 0.597. The maximum Gasteiger partial charge on any atom is 0.282 e. The number of rotatable bonds is 9. The van der Waals surface area contributed by atoms with Crippen LogP contribution in [0.5, 0.6) is 5.75 Å². The lowest BCUT2D eigenvalue weighted by molar-refractivity contribution is -0.00684. The van der Waals surface area contributed by atoms with Gasteiger partial charge in [-0.1, -0.05) is 26.0 Å². The van der Waals surface area contributed by atoms with Crippen LogP contribution in [0.3, 0.4) is 0 Å². The average molecular weight is 441 g/mol. The largest absolute Gasteiger partial charge is 0.490 e. The summed E-state index contributed by atoms with van der Waals surface area (Å²) in [6.07, 6.45) is 0.1000. The lowest BCUT2D eigenvalue weighted by Gasteiger charge is -2.34. The van der Waals surface area contributed by atoms with Gasteiger partial charge in [-0.25, -0.2) is 4.39 Å². The zero-order chi connectivity index (χ0) is 21.7. The molecule has 1 atom stereocenters. The first-order valence-electron chi connectivity index (χ1n) is 10.1. The molecule has 2 aromatic rings. The number of ether oxygens (including phenoxy) is 2. The Hall–Kier alpha value is -2.01. The van der Waals surface area contributed by atoms with E-state index in [4.69, 9.17) is 9.47 Å². The first-order valence-corrected chi connectivity index (χ1v) is 11.5. The van der Waals surface area contributed by atoms with Gasteiger partial charge < -0.3 is 9.47 Å². The number of hydrogen-bond donors (Lipinski definition) is 0. The normalized spacial score (nSPS) is 18.1. The Labute approximate surface area is 177 Å². The minimum Gasteiger partial charge on any atom is -0.490 e. The predicted molar refractivity (Wildman–Crippen MR) is 111 cm³/mol. The van der Waals surface area contributed by atoms with Gasteiger partial charge in [0.25, 0.3) is 10.2 Å². The Morgan fingerprint density at radius 2 is 2.03 bits per heavy atom. The van der Waals surface area contributed by atoms with Gasteiger partial charge in [0.15, 0.2) is 11.6 Å². The standard InChI is InChI=1S/C20H29FN4O4S/c1-4-24(5-2)30(26,27)25-11-13-29-20(15-25)18-14-16(23(3)22-18)10-12-28-19-9-7-6-8-17(19)21/h6-9,14,20H,4-5,10-13,15H2,1-3H3/t20-/m1/s1. The van der Waals surface area contributed by atoms with Crippen LogP contribution in [0.4, 0.5) is 4.39 Å². The molecule has 1 aliphatic heterocycles. The monoisotopic (exact) mass is 440 g/mol. The third-order valence-corrected chi connectivity index (χ3v) is 7.32. The first kappa shape index (κ1) is 22.7. The van der Waals surface area contributed by atoms with Gasteiger partial charge in [0.1, 0.15) is 6.10 Å². The van der Waals surface area contributed by atoms with Crippen LogP contribution in [-0.2, 0) is 28.4 Å². The number of morpholine rings is 1. The molecule has 0 unspecified atom stereocenters. The van der Waals surface area contributed by atoms with Gasteiger partial charge in [-0.2, -0.15) is 22.1 Å². The van der Waals surface area contributed by atoms with Gasteiger partial charge in [-0.3, -0.25) is 4.68 Å². The lowest BCUT2D eigenvalue weighted by Crippen LogP contribution is -2.49. The molecule has 0 radical (unpaired) electrons. The Balaban J connectivity index is 1.64. The van der Waals surface area contributed by atoms with Crippen molar-refractivity contribution in [2.24, 2.45) is 7.05 Å². The molecule has 2 heterocycles. The molecule has 0 spiro atoms. The highest BCUT2D eigenvalue weighted by Gasteiger charge is 2.34. The summed E-state index contributed by atoms with van der Waals surface area (Å²) < 4.78 is 55.3. The molecule has 0 N–H and O–H groups in total. The van der Waals surface area contributed by atoms with Gasteiger partial charge in [-0.05, 0) is 18.2 Å². The summed E-state index contributed by atoms with van der Waals surface area (Å²) in [5.74, 6) is -0.180. The van der Waals surface area contributed by atoms with Crippen LogP contribution in [-0.4, -0.2) is 66.2 Å². The third-order valence-electron chi connectivity index (χ3n) is 5.17. The predicted octanol–water partition coefficient (Wildman–Crippen LogP) is 2.14. The van der Waals surface area contributed by atoms with Crippen LogP contribution in [0.15, 0.2) is 30.3 Å². The summed E-state index contributed by atoms with van der Waals surface area (Å²) in [5.41, 5.74) is 1.58. The van der Waals surface area contributed by atoms with Gasteiger partial charge in [0.05, 0.1) is 18.9 Å². The summed E-state index contributed by atoms with van der Waals surface area (Å²) in [6, 6.07) is 8.17. The third kappa shape index (κ3) is 5.00. The number of nitrogens with zero attached hydrogens (tertiary/aromatic N) is 4. The van der Waals surface area contributed by atoms with Crippen molar-refractivity contribution in [3.8, 4) is 5.75 Å². The van der Waals surface area contributed by atoms with Crippen molar-refractivity contribution in [1.29, 1.82) is 0 Å². The minimum atomic E-state index is -3.52. The first-order chi connectivity index (χ1) is 14.4. The van der Waals surface area contributed by atoms with Crippen LogP contribution < -0.4 is 4.74 Å². The lowest BCUT2D eigenvalue weighted by atomic mass is 10.2. The van der Waals surface area contributed by atoms with Crippen molar-refractivity contribution in [2.45, 2.75) is 26.4 Å². The average Bonchev–Trinajstić information content (AvgIpc) is 3.11. The van der Waals surface area contributed by atoms with Crippen LogP contribution in [0.2, 0.25) is 0 Å². The molecule has 8 nitrogen and oxygen atoms in total. The highest BCUT2D eigenvalue weighted by Crippen LogP contribution is 2.25. The summed E-state index contributed by atoms with van der Waals surface area (Å²) in [4.78, 5) is 0. The molecule has 0 saturated carbocycles. The fraction of sp³-hybridized carbons (Fsp3) is 0.550.